The van der Waals surface area contributed by atoms with E-state index in [0.29, 0.717) is 26.2 Å². The highest BCUT2D eigenvalue weighted by Crippen LogP contribution is 2.35. The molecule has 122 valence electrons. The first-order chi connectivity index (χ1) is 9.02. The van der Waals surface area contributed by atoms with E-state index >= 15 is 0 Å². The molecule has 0 unspecified atom stereocenters. The van der Waals surface area contributed by atoms with Gasteiger partial charge in [-0.15, -0.1) is 24.8 Å². The minimum atomic E-state index is -2.80. The molecule has 1 fully saturated rings. The second-order valence-electron chi connectivity index (χ2n) is 4.36. The normalized spacial score (nSPS) is 17.0. The van der Waals surface area contributed by atoms with Crippen molar-refractivity contribution in [3.8, 4) is 5.75 Å². The lowest BCUT2D eigenvalue weighted by atomic mass is 10.0. The standard InChI is InChI=1S/C12H14F4N2O.2ClH/c13-8-2-1-7(11(19)9(8)14)10(12(15)16)18-5-3-17-4-6-18;;/h1-2,10,12,17,19H,3-6H2;2*1H/t10-;;/m1../s1. The van der Waals surface area contributed by atoms with Crippen LogP contribution >= 0.6 is 24.8 Å². The number of hydrogen-bond donors (Lipinski definition) is 2. The Balaban J connectivity index is 0.00000200. The number of piperazine rings is 1. The lowest BCUT2D eigenvalue weighted by Crippen LogP contribution is -2.47. The number of phenols is 1. The predicted octanol–water partition coefficient (Wildman–Crippen LogP) is 2.73. The number of rotatable bonds is 3. The minimum Gasteiger partial charge on any atom is -0.505 e. The highest BCUT2D eigenvalue weighted by Gasteiger charge is 2.33. The van der Waals surface area contributed by atoms with Gasteiger partial charge < -0.3 is 10.4 Å². The van der Waals surface area contributed by atoms with E-state index in [9.17, 15) is 22.7 Å². The molecule has 0 spiro atoms. The van der Waals surface area contributed by atoms with Crippen molar-refractivity contribution in [1.82, 2.24) is 10.2 Å². The van der Waals surface area contributed by atoms with Gasteiger partial charge in [0.25, 0.3) is 6.43 Å². The van der Waals surface area contributed by atoms with Crippen LogP contribution in [0.3, 0.4) is 0 Å². The van der Waals surface area contributed by atoms with Gasteiger partial charge in [0, 0.05) is 31.7 Å². The Morgan fingerprint density at radius 3 is 2.19 bits per heavy atom. The van der Waals surface area contributed by atoms with Crippen LogP contribution in [0.1, 0.15) is 11.6 Å². The van der Waals surface area contributed by atoms with Crippen LogP contribution in [0.5, 0.6) is 5.75 Å². The van der Waals surface area contributed by atoms with Crippen LogP contribution in [0.4, 0.5) is 17.6 Å². The maximum Gasteiger partial charge on any atom is 0.258 e. The van der Waals surface area contributed by atoms with Crippen LogP contribution in [-0.4, -0.2) is 42.6 Å². The monoisotopic (exact) mass is 350 g/mol. The number of halogens is 6. The Hall–Kier alpha value is -0.760. The molecule has 1 aromatic rings. The third-order valence-corrected chi connectivity index (χ3v) is 3.20. The van der Waals surface area contributed by atoms with Gasteiger partial charge in [0.1, 0.15) is 6.04 Å². The first-order valence-corrected chi connectivity index (χ1v) is 5.92. The van der Waals surface area contributed by atoms with Gasteiger partial charge >= 0.3 is 0 Å². The van der Waals surface area contributed by atoms with Crippen molar-refractivity contribution in [3.63, 3.8) is 0 Å². The van der Waals surface area contributed by atoms with E-state index < -0.39 is 29.9 Å². The molecule has 0 aliphatic carbocycles. The zero-order valence-corrected chi connectivity index (χ0v) is 12.5. The van der Waals surface area contributed by atoms with E-state index in [4.69, 9.17) is 0 Å². The molecule has 0 saturated carbocycles. The quantitative estimate of drug-likeness (QED) is 0.823. The van der Waals surface area contributed by atoms with Gasteiger partial charge in [-0.3, -0.25) is 4.90 Å². The molecule has 1 heterocycles. The van der Waals surface area contributed by atoms with Crippen molar-refractivity contribution in [3.05, 3.63) is 29.3 Å². The van der Waals surface area contributed by atoms with Crippen molar-refractivity contribution in [2.45, 2.75) is 12.5 Å². The average molecular weight is 351 g/mol. The second-order valence-corrected chi connectivity index (χ2v) is 4.36. The number of hydrogen-bond acceptors (Lipinski definition) is 3. The Morgan fingerprint density at radius 1 is 1.10 bits per heavy atom. The lowest BCUT2D eigenvalue weighted by molar-refractivity contribution is 0.0167. The van der Waals surface area contributed by atoms with E-state index in [1.807, 2.05) is 0 Å². The molecule has 0 aromatic heterocycles. The summed E-state index contributed by atoms with van der Waals surface area (Å²) in [6, 6.07) is 0.325. The van der Waals surface area contributed by atoms with Crippen molar-refractivity contribution in [2.75, 3.05) is 26.2 Å². The van der Waals surface area contributed by atoms with Crippen molar-refractivity contribution in [2.24, 2.45) is 0 Å². The van der Waals surface area contributed by atoms with Crippen molar-refractivity contribution < 1.29 is 22.7 Å². The van der Waals surface area contributed by atoms with E-state index in [1.165, 1.54) is 4.90 Å². The fraction of sp³-hybridized carbons (Fsp3) is 0.500. The summed E-state index contributed by atoms with van der Waals surface area (Å²) in [5, 5.41) is 12.5. The molecule has 0 bridgehead atoms. The molecule has 2 rings (SSSR count). The zero-order valence-electron chi connectivity index (χ0n) is 10.9. The molecule has 0 radical (unpaired) electrons. The maximum absolute atomic E-state index is 13.3. The van der Waals surface area contributed by atoms with Gasteiger partial charge in [-0.1, -0.05) is 6.07 Å². The van der Waals surface area contributed by atoms with Crippen LogP contribution in [-0.2, 0) is 0 Å². The SMILES string of the molecule is Cl.Cl.Oc1c([C@H](C(F)F)N2CCNCC2)ccc(F)c1F. The van der Waals surface area contributed by atoms with Gasteiger partial charge in [0.2, 0.25) is 5.82 Å². The summed E-state index contributed by atoms with van der Waals surface area (Å²) in [6.07, 6.45) is -2.80. The minimum absolute atomic E-state index is 0. The van der Waals surface area contributed by atoms with E-state index in [1.54, 1.807) is 0 Å². The van der Waals surface area contributed by atoms with Crippen LogP contribution < -0.4 is 5.32 Å². The summed E-state index contributed by atoms with van der Waals surface area (Å²) in [4.78, 5) is 1.45. The Morgan fingerprint density at radius 2 is 1.67 bits per heavy atom. The molecule has 1 aromatic carbocycles. The number of phenolic OH excluding ortho intramolecular Hbond substituents is 1. The largest absolute Gasteiger partial charge is 0.505 e. The number of alkyl halides is 2. The maximum atomic E-state index is 13.3. The van der Waals surface area contributed by atoms with Gasteiger partial charge in [-0.05, 0) is 6.07 Å². The van der Waals surface area contributed by atoms with Crippen molar-refractivity contribution >= 4 is 24.8 Å². The van der Waals surface area contributed by atoms with E-state index in [2.05, 4.69) is 5.32 Å². The molecule has 1 aliphatic heterocycles. The molecule has 0 amide bonds. The van der Waals surface area contributed by atoms with Crippen LogP contribution in [0.15, 0.2) is 12.1 Å². The molecular formula is C12H16Cl2F4N2O. The molecule has 3 nitrogen and oxygen atoms in total. The molecule has 1 aliphatic rings. The fourth-order valence-electron chi connectivity index (χ4n) is 2.25. The van der Waals surface area contributed by atoms with Crippen LogP contribution in [0, 0.1) is 11.6 Å². The molecule has 2 N–H and O–H groups in total. The zero-order chi connectivity index (χ0) is 14.0. The molecule has 1 saturated heterocycles. The summed E-state index contributed by atoms with van der Waals surface area (Å²) < 4.78 is 52.6. The summed E-state index contributed by atoms with van der Waals surface area (Å²) >= 11 is 0. The average Bonchev–Trinajstić information content (AvgIpc) is 2.40. The topological polar surface area (TPSA) is 35.5 Å². The Labute approximate surface area is 132 Å². The smallest absolute Gasteiger partial charge is 0.258 e. The molecule has 9 heteroatoms. The number of nitrogens with zero attached hydrogens (tertiary/aromatic N) is 1. The molecule has 21 heavy (non-hydrogen) atoms. The number of nitrogens with one attached hydrogen (secondary N) is 1. The third kappa shape index (κ3) is 4.35. The first kappa shape index (κ1) is 20.2. The predicted molar refractivity (Wildman–Crippen MR) is 75.7 cm³/mol. The first-order valence-electron chi connectivity index (χ1n) is 5.92. The van der Waals surface area contributed by atoms with Gasteiger partial charge in [-0.2, -0.15) is 4.39 Å². The van der Waals surface area contributed by atoms with Gasteiger partial charge in [0.05, 0.1) is 0 Å². The van der Waals surface area contributed by atoms with Crippen LogP contribution in [0.25, 0.3) is 0 Å². The van der Waals surface area contributed by atoms with Crippen molar-refractivity contribution in [1.29, 1.82) is 0 Å². The molecule has 1 atom stereocenters. The number of benzene rings is 1. The highest BCUT2D eigenvalue weighted by molar-refractivity contribution is 5.85. The fourth-order valence-corrected chi connectivity index (χ4v) is 2.25. The summed E-state index contributed by atoms with van der Waals surface area (Å²) in [7, 11) is 0. The van der Waals surface area contributed by atoms with Crippen LogP contribution in [0.2, 0.25) is 0 Å². The van der Waals surface area contributed by atoms with E-state index in [-0.39, 0.29) is 30.4 Å². The number of aromatic hydroxyl groups is 1. The third-order valence-electron chi connectivity index (χ3n) is 3.20. The summed E-state index contributed by atoms with van der Waals surface area (Å²) in [5.41, 5.74) is -0.282. The Bertz CT molecular complexity index is 459. The van der Waals surface area contributed by atoms with Gasteiger partial charge in [-0.25, -0.2) is 13.2 Å². The van der Waals surface area contributed by atoms with Gasteiger partial charge in [0.15, 0.2) is 11.6 Å². The summed E-state index contributed by atoms with van der Waals surface area (Å²) in [6.45, 7) is 1.78. The second kappa shape index (κ2) is 8.63. The van der Waals surface area contributed by atoms with E-state index in [0.717, 1.165) is 12.1 Å². The Kier molecular flexibility index (Phi) is 8.31. The highest BCUT2D eigenvalue weighted by atomic mass is 35.5. The lowest BCUT2D eigenvalue weighted by Gasteiger charge is -2.34. The summed E-state index contributed by atoms with van der Waals surface area (Å²) in [5.74, 6) is -3.78. The molecular weight excluding hydrogens is 335 g/mol.